The molecule has 0 unspecified atom stereocenters. The zero-order chi connectivity index (χ0) is 8.72. The molecule has 1 aromatic heterocycles. The number of aromatic nitrogens is 3. The Morgan fingerprint density at radius 3 is 3.00 bits per heavy atom. The molecule has 62 valence electrons. The SMILES string of the molecule is Cn1nnc2cc(F)c(Br)cc21. The van der Waals surface area contributed by atoms with Crippen molar-refractivity contribution < 1.29 is 4.39 Å². The van der Waals surface area contributed by atoms with E-state index in [9.17, 15) is 4.39 Å². The van der Waals surface area contributed by atoms with Gasteiger partial charge in [-0.15, -0.1) is 5.10 Å². The Morgan fingerprint density at radius 2 is 2.25 bits per heavy atom. The minimum Gasteiger partial charge on any atom is -0.248 e. The number of aryl methyl sites for hydroxylation is 1. The highest BCUT2D eigenvalue weighted by Crippen LogP contribution is 2.20. The van der Waals surface area contributed by atoms with Gasteiger partial charge in [0.2, 0.25) is 0 Å². The van der Waals surface area contributed by atoms with Gasteiger partial charge in [0.25, 0.3) is 0 Å². The maximum atomic E-state index is 12.9. The van der Waals surface area contributed by atoms with E-state index in [1.54, 1.807) is 17.8 Å². The van der Waals surface area contributed by atoms with Crippen molar-refractivity contribution in [1.29, 1.82) is 0 Å². The fourth-order valence-electron chi connectivity index (χ4n) is 1.03. The van der Waals surface area contributed by atoms with E-state index in [-0.39, 0.29) is 5.82 Å². The zero-order valence-electron chi connectivity index (χ0n) is 6.25. The molecule has 0 saturated heterocycles. The number of hydrogen-bond acceptors (Lipinski definition) is 2. The number of nitrogens with zero attached hydrogens (tertiary/aromatic N) is 3. The van der Waals surface area contributed by atoms with Gasteiger partial charge in [-0.25, -0.2) is 9.07 Å². The van der Waals surface area contributed by atoms with Crippen molar-refractivity contribution in [3.05, 3.63) is 22.4 Å². The summed E-state index contributed by atoms with van der Waals surface area (Å²) in [5.41, 5.74) is 1.38. The number of fused-ring (bicyclic) bond motifs is 1. The molecule has 0 bridgehead atoms. The molecule has 12 heavy (non-hydrogen) atoms. The highest BCUT2D eigenvalue weighted by Gasteiger charge is 2.05. The molecule has 1 aromatic carbocycles. The van der Waals surface area contributed by atoms with Crippen LogP contribution < -0.4 is 0 Å². The summed E-state index contributed by atoms with van der Waals surface area (Å²) in [5, 5.41) is 7.53. The molecule has 1 heterocycles. The van der Waals surface area contributed by atoms with E-state index in [2.05, 4.69) is 26.2 Å². The highest BCUT2D eigenvalue weighted by molar-refractivity contribution is 9.10. The molecule has 0 fully saturated rings. The van der Waals surface area contributed by atoms with Crippen molar-refractivity contribution in [1.82, 2.24) is 15.0 Å². The normalized spacial score (nSPS) is 10.9. The zero-order valence-corrected chi connectivity index (χ0v) is 7.84. The van der Waals surface area contributed by atoms with Gasteiger partial charge in [0.05, 0.1) is 9.99 Å². The number of halogens is 2. The van der Waals surface area contributed by atoms with Gasteiger partial charge in [-0.1, -0.05) is 5.21 Å². The predicted octanol–water partition coefficient (Wildman–Crippen LogP) is 1.87. The first-order chi connectivity index (χ1) is 5.68. The van der Waals surface area contributed by atoms with Crippen LogP contribution in [0.15, 0.2) is 16.6 Å². The lowest BCUT2D eigenvalue weighted by Gasteiger charge is -1.94. The third-order valence-corrected chi connectivity index (χ3v) is 2.26. The largest absolute Gasteiger partial charge is 0.248 e. The van der Waals surface area contributed by atoms with E-state index in [0.29, 0.717) is 9.99 Å². The van der Waals surface area contributed by atoms with Gasteiger partial charge in [0.15, 0.2) is 0 Å². The fourth-order valence-corrected chi connectivity index (χ4v) is 1.36. The summed E-state index contributed by atoms with van der Waals surface area (Å²) in [6.07, 6.45) is 0. The molecule has 0 saturated carbocycles. The Morgan fingerprint density at radius 1 is 1.50 bits per heavy atom. The predicted molar refractivity (Wildman–Crippen MR) is 46.2 cm³/mol. The topological polar surface area (TPSA) is 30.7 Å². The number of rotatable bonds is 0. The Labute approximate surface area is 76.3 Å². The lowest BCUT2D eigenvalue weighted by Crippen LogP contribution is -1.89. The monoisotopic (exact) mass is 229 g/mol. The van der Waals surface area contributed by atoms with E-state index in [1.165, 1.54) is 6.07 Å². The average Bonchev–Trinajstić information content (AvgIpc) is 2.35. The first kappa shape index (κ1) is 7.67. The molecule has 5 heteroatoms. The second-order valence-corrected chi connectivity index (χ2v) is 3.32. The standard InChI is InChI=1S/C7H5BrFN3/c1-12-7-2-4(8)5(9)3-6(7)10-11-12/h2-3H,1H3. The summed E-state index contributed by atoms with van der Waals surface area (Å²) in [4.78, 5) is 0. The van der Waals surface area contributed by atoms with E-state index < -0.39 is 0 Å². The summed E-state index contributed by atoms with van der Waals surface area (Å²) in [6, 6.07) is 3.01. The van der Waals surface area contributed by atoms with Crippen LogP contribution in [0.3, 0.4) is 0 Å². The van der Waals surface area contributed by atoms with Crippen LogP contribution in [0.25, 0.3) is 11.0 Å². The van der Waals surface area contributed by atoms with Gasteiger partial charge in [-0.3, -0.25) is 0 Å². The van der Waals surface area contributed by atoms with Gasteiger partial charge in [0.1, 0.15) is 11.3 Å². The van der Waals surface area contributed by atoms with Crippen LogP contribution in [0, 0.1) is 5.82 Å². The third-order valence-electron chi connectivity index (χ3n) is 1.65. The van der Waals surface area contributed by atoms with Crippen molar-refractivity contribution in [2.75, 3.05) is 0 Å². The van der Waals surface area contributed by atoms with Gasteiger partial charge in [0, 0.05) is 13.1 Å². The molecule has 3 nitrogen and oxygen atoms in total. The van der Waals surface area contributed by atoms with Crippen LogP contribution in [0.5, 0.6) is 0 Å². The van der Waals surface area contributed by atoms with Crippen LogP contribution in [0.2, 0.25) is 0 Å². The van der Waals surface area contributed by atoms with Crippen molar-refractivity contribution in [2.45, 2.75) is 0 Å². The summed E-state index contributed by atoms with van der Waals surface area (Å²) < 4.78 is 15.0. The molecular formula is C7H5BrFN3. The lowest BCUT2D eigenvalue weighted by molar-refractivity contribution is 0.623. The van der Waals surface area contributed by atoms with E-state index in [0.717, 1.165) is 5.52 Å². The summed E-state index contributed by atoms with van der Waals surface area (Å²) in [6.45, 7) is 0. The molecule has 0 spiro atoms. The van der Waals surface area contributed by atoms with Gasteiger partial charge in [-0.05, 0) is 22.0 Å². The highest BCUT2D eigenvalue weighted by atomic mass is 79.9. The quantitative estimate of drug-likeness (QED) is 0.691. The molecule has 0 amide bonds. The minimum atomic E-state index is -0.317. The van der Waals surface area contributed by atoms with Crippen LogP contribution in [-0.4, -0.2) is 15.0 Å². The summed E-state index contributed by atoms with van der Waals surface area (Å²) in [5.74, 6) is -0.317. The molecule has 0 aliphatic rings. The maximum Gasteiger partial charge on any atom is 0.139 e. The molecule has 0 aliphatic heterocycles. The molecule has 0 N–H and O–H groups in total. The van der Waals surface area contributed by atoms with Crippen molar-refractivity contribution in [2.24, 2.45) is 7.05 Å². The van der Waals surface area contributed by atoms with Gasteiger partial charge < -0.3 is 0 Å². The van der Waals surface area contributed by atoms with Crippen LogP contribution in [0.1, 0.15) is 0 Å². The second kappa shape index (κ2) is 2.52. The smallest absolute Gasteiger partial charge is 0.139 e. The Kier molecular flexibility index (Phi) is 1.61. The molecule has 0 atom stereocenters. The van der Waals surface area contributed by atoms with Crippen molar-refractivity contribution in [3.63, 3.8) is 0 Å². The first-order valence-corrected chi connectivity index (χ1v) is 4.12. The summed E-state index contributed by atoms with van der Waals surface area (Å²) in [7, 11) is 1.76. The van der Waals surface area contributed by atoms with Crippen LogP contribution in [-0.2, 0) is 7.05 Å². The lowest BCUT2D eigenvalue weighted by atomic mass is 10.3. The number of benzene rings is 1. The molecular weight excluding hydrogens is 225 g/mol. The molecule has 2 rings (SSSR count). The van der Waals surface area contributed by atoms with Crippen LogP contribution in [0.4, 0.5) is 4.39 Å². The van der Waals surface area contributed by atoms with E-state index in [4.69, 9.17) is 0 Å². The number of hydrogen-bond donors (Lipinski definition) is 0. The van der Waals surface area contributed by atoms with Crippen molar-refractivity contribution in [3.8, 4) is 0 Å². The van der Waals surface area contributed by atoms with Gasteiger partial charge in [-0.2, -0.15) is 0 Å². The maximum absolute atomic E-state index is 12.9. The minimum absolute atomic E-state index is 0.317. The second-order valence-electron chi connectivity index (χ2n) is 2.47. The van der Waals surface area contributed by atoms with Gasteiger partial charge >= 0.3 is 0 Å². The molecule has 0 aliphatic carbocycles. The Balaban J connectivity index is 2.87. The van der Waals surface area contributed by atoms with Crippen LogP contribution >= 0.6 is 15.9 Å². The summed E-state index contributed by atoms with van der Waals surface area (Å²) >= 11 is 3.09. The van der Waals surface area contributed by atoms with E-state index >= 15 is 0 Å². The molecule has 2 aromatic rings. The average molecular weight is 230 g/mol. The Bertz CT molecular complexity index is 437. The Hall–Kier alpha value is -0.970. The first-order valence-electron chi connectivity index (χ1n) is 3.33. The molecule has 0 radical (unpaired) electrons. The van der Waals surface area contributed by atoms with Crippen molar-refractivity contribution >= 4 is 27.0 Å². The third kappa shape index (κ3) is 1.01. The fraction of sp³-hybridized carbons (Fsp3) is 0.143. The van der Waals surface area contributed by atoms with E-state index in [1.807, 2.05) is 0 Å².